The molecule has 1 rings (SSSR count). The smallest absolute Gasteiger partial charge is 0.339 e. The SMILES string of the molecule is CC[C@H](C)COc1cc(C(=O)O)ccc1C(=O)O. The Morgan fingerprint density at radius 2 is 1.94 bits per heavy atom. The van der Waals surface area contributed by atoms with E-state index >= 15 is 0 Å². The van der Waals surface area contributed by atoms with Gasteiger partial charge < -0.3 is 14.9 Å². The summed E-state index contributed by atoms with van der Waals surface area (Å²) in [5, 5.41) is 17.8. The maximum absolute atomic E-state index is 11.0. The lowest BCUT2D eigenvalue weighted by Crippen LogP contribution is -2.11. The van der Waals surface area contributed by atoms with Gasteiger partial charge in [0, 0.05) is 0 Å². The molecule has 0 aliphatic heterocycles. The van der Waals surface area contributed by atoms with Crippen LogP contribution in [0.2, 0.25) is 0 Å². The average Bonchev–Trinajstić information content (AvgIpc) is 2.35. The van der Waals surface area contributed by atoms with E-state index in [1.54, 1.807) is 0 Å². The summed E-state index contributed by atoms with van der Waals surface area (Å²) in [4.78, 5) is 21.8. The molecule has 0 fully saturated rings. The third kappa shape index (κ3) is 3.48. The molecule has 5 nitrogen and oxygen atoms in total. The minimum Gasteiger partial charge on any atom is -0.492 e. The zero-order valence-corrected chi connectivity index (χ0v) is 10.3. The number of rotatable bonds is 6. The summed E-state index contributed by atoms with van der Waals surface area (Å²) in [6, 6.07) is 3.74. The molecule has 5 heteroatoms. The second-order valence-electron chi connectivity index (χ2n) is 4.15. The van der Waals surface area contributed by atoms with Crippen molar-refractivity contribution in [1.29, 1.82) is 0 Å². The lowest BCUT2D eigenvalue weighted by molar-refractivity contribution is 0.0676. The van der Waals surface area contributed by atoms with Crippen LogP contribution in [-0.4, -0.2) is 28.8 Å². The highest BCUT2D eigenvalue weighted by molar-refractivity contribution is 5.94. The van der Waals surface area contributed by atoms with Crippen molar-refractivity contribution >= 4 is 11.9 Å². The molecule has 0 aliphatic rings. The van der Waals surface area contributed by atoms with Gasteiger partial charge in [0.05, 0.1) is 12.2 Å². The fraction of sp³-hybridized carbons (Fsp3) is 0.385. The Labute approximate surface area is 105 Å². The first-order chi connectivity index (χ1) is 8.45. The van der Waals surface area contributed by atoms with Crippen LogP contribution >= 0.6 is 0 Å². The Bertz CT molecular complexity index is 453. The van der Waals surface area contributed by atoms with E-state index in [-0.39, 0.29) is 22.8 Å². The largest absolute Gasteiger partial charge is 0.492 e. The Kier molecular flexibility index (Phi) is 4.71. The van der Waals surface area contributed by atoms with Gasteiger partial charge in [-0.1, -0.05) is 20.3 Å². The summed E-state index contributed by atoms with van der Waals surface area (Å²) in [6.07, 6.45) is 0.904. The number of hydrogen-bond donors (Lipinski definition) is 2. The minimum atomic E-state index is -1.13. The molecule has 2 N–H and O–H groups in total. The van der Waals surface area contributed by atoms with E-state index in [1.165, 1.54) is 18.2 Å². The summed E-state index contributed by atoms with van der Waals surface area (Å²) < 4.78 is 5.40. The zero-order chi connectivity index (χ0) is 13.7. The van der Waals surface area contributed by atoms with Crippen LogP contribution in [0.1, 0.15) is 41.0 Å². The number of carboxylic acids is 2. The van der Waals surface area contributed by atoms with Crippen molar-refractivity contribution in [2.45, 2.75) is 20.3 Å². The van der Waals surface area contributed by atoms with Crippen molar-refractivity contribution < 1.29 is 24.5 Å². The maximum Gasteiger partial charge on any atom is 0.339 e. The first kappa shape index (κ1) is 14.0. The van der Waals surface area contributed by atoms with Gasteiger partial charge in [-0.3, -0.25) is 0 Å². The van der Waals surface area contributed by atoms with E-state index in [1.807, 2.05) is 13.8 Å². The van der Waals surface area contributed by atoms with Crippen LogP contribution in [0.15, 0.2) is 18.2 Å². The van der Waals surface area contributed by atoms with Crippen molar-refractivity contribution in [3.8, 4) is 5.75 Å². The predicted molar refractivity (Wildman–Crippen MR) is 65.3 cm³/mol. The summed E-state index contributed by atoms with van der Waals surface area (Å²) >= 11 is 0. The standard InChI is InChI=1S/C13H16O5/c1-3-8(2)7-18-11-6-9(12(14)15)4-5-10(11)13(16)17/h4-6,8H,3,7H2,1-2H3,(H,14,15)(H,16,17)/t8-/m0/s1. The monoisotopic (exact) mass is 252 g/mol. The maximum atomic E-state index is 11.0. The van der Waals surface area contributed by atoms with Gasteiger partial charge in [-0.2, -0.15) is 0 Å². The number of ether oxygens (including phenoxy) is 1. The molecule has 0 aromatic heterocycles. The third-order valence-electron chi connectivity index (χ3n) is 2.68. The number of benzene rings is 1. The number of aromatic carboxylic acids is 2. The minimum absolute atomic E-state index is 0.0131. The summed E-state index contributed by atoms with van der Waals surface area (Å²) in [7, 11) is 0. The van der Waals surface area contributed by atoms with Crippen LogP contribution in [0.3, 0.4) is 0 Å². The quantitative estimate of drug-likeness (QED) is 0.812. The molecule has 0 saturated carbocycles. The van der Waals surface area contributed by atoms with E-state index in [9.17, 15) is 9.59 Å². The van der Waals surface area contributed by atoms with E-state index in [4.69, 9.17) is 14.9 Å². The molecule has 0 bridgehead atoms. The van der Waals surface area contributed by atoms with Gasteiger partial charge in [-0.05, 0) is 24.1 Å². The molecular weight excluding hydrogens is 236 g/mol. The molecule has 0 aliphatic carbocycles. The van der Waals surface area contributed by atoms with Gasteiger partial charge in [0.25, 0.3) is 0 Å². The lowest BCUT2D eigenvalue weighted by atomic mass is 10.1. The van der Waals surface area contributed by atoms with Crippen LogP contribution in [0.4, 0.5) is 0 Å². The molecule has 0 saturated heterocycles. The normalized spacial score (nSPS) is 11.9. The first-order valence-corrected chi connectivity index (χ1v) is 5.69. The van der Waals surface area contributed by atoms with Gasteiger partial charge in [0.2, 0.25) is 0 Å². The van der Waals surface area contributed by atoms with Gasteiger partial charge >= 0.3 is 11.9 Å². The Hall–Kier alpha value is -2.04. The molecule has 0 heterocycles. The topological polar surface area (TPSA) is 83.8 Å². The summed E-state index contributed by atoms with van der Waals surface area (Å²) in [5.41, 5.74) is -0.0116. The molecule has 0 spiro atoms. The third-order valence-corrected chi connectivity index (χ3v) is 2.68. The molecular formula is C13H16O5. The molecule has 0 unspecified atom stereocenters. The fourth-order valence-electron chi connectivity index (χ4n) is 1.30. The van der Waals surface area contributed by atoms with Crippen LogP contribution in [-0.2, 0) is 0 Å². The van der Waals surface area contributed by atoms with Gasteiger partial charge in [-0.15, -0.1) is 0 Å². The zero-order valence-electron chi connectivity index (χ0n) is 10.3. The van der Waals surface area contributed by atoms with E-state index in [2.05, 4.69) is 0 Å². The van der Waals surface area contributed by atoms with Crippen molar-refractivity contribution in [2.24, 2.45) is 5.92 Å². The summed E-state index contributed by atoms with van der Waals surface area (Å²) in [6.45, 7) is 4.33. The van der Waals surface area contributed by atoms with Crippen molar-refractivity contribution in [1.82, 2.24) is 0 Å². The highest BCUT2D eigenvalue weighted by Gasteiger charge is 2.15. The molecule has 98 valence electrons. The average molecular weight is 252 g/mol. The van der Waals surface area contributed by atoms with E-state index in [0.29, 0.717) is 6.61 Å². The molecule has 0 radical (unpaired) electrons. The van der Waals surface area contributed by atoms with Gasteiger partial charge in [-0.25, -0.2) is 9.59 Å². The fourth-order valence-corrected chi connectivity index (χ4v) is 1.30. The molecule has 18 heavy (non-hydrogen) atoms. The lowest BCUT2D eigenvalue weighted by Gasteiger charge is -2.13. The van der Waals surface area contributed by atoms with Crippen LogP contribution in [0, 0.1) is 5.92 Å². The number of carbonyl (C=O) groups is 2. The van der Waals surface area contributed by atoms with Crippen molar-refractivity contribution in [3.63, 3.8) is 0 Å². The van der Waals surface area contributed by atoms with Gasteiger partial charge in [0.15, 0.2) is 0 Å². The van der Waals surface area contributed by atoms with Crippen LogP contribution in [0.5, 0.6) is 5.75 Å². The van der Waals surface area contributed by atoms with E-state index in [0.717, 1.165) is 6.42 Å². The second-order valence-corrected chi connectivity index (χ2v) is 4.15. The Morgan fingerprint density at radius 1 is 1.28 bits per heavy atom. The highest BCUT2D eigenvalue weighted by Crippen LogP contribution is 2.21. The molecule has 0 amide bonds. The summed E-state index contributed by atoms with van der Waals surface area (Å²) in [5.74, 6) is -1.87. The van der Waals surface area contributed by atoms with Crippen molar-refractivity contribution in [2.75, 3.05) is 6.61 Å². The first-order valence-electron chi connectivity index (χ1n) is 5.69. The predicted octanol–water partition coefficient (Wildman–Crippen LogP) is 2.51. The van der Waals surface area contributed by atoms with Crippen molar-refractivity contribution in [3.05, 3.63) is 29.3 Å². The molecule has 1 atom stereocenters. The van der Waals surface area contributed by atoms with Crippen LogP contribution in [0.25, 0.3) is 0 Å². The molecule has 1 aromatic rings. The second kappa shape index (κ2) is 6.05. The highest BCUT2D eigenvalue weighted by atomic mass is 16.5. The number of hydrogen-bond acceptors (Lipinski definition) is 3. The van der Waals surface area contributed by atoms with Crippen LogP contribution < -0.4 is 4.74 Å². The Balaban J connectivity index is 3.00. The van der Waals surface area contributed by atoms with Gasteiger partial charge in [0.1, 0.15) is 11.3 Å². The van der Waals surface area contributed by atoms with E-state index < -0.39 is 11.9 Å². The molecule has 1 aromatic carbocycles. The Morgan fingerprint density at radius 3 is 2.44 bits per heavy atom. The number of carboxylic acid groups (broad SMARTS) is 2.